The van der Waals surface area contributed by atoms with E-state index in [9.17, 15) is 14.7 Å². The van der Waals surface area contributed by atoms with Crippen molar-refractivity contribution in [2.75, 3.05) is 11.9 Å². The molecular weight excluding hydrogens is 853 g/mol. The van der Waals surface area contributed by atoms with Gasteiger partial charge in [-0.05, 0) is 56.6 Å². The molecule has 9 aromatic carbocycles. The monoisotopic (exact) mass is 902 g/mol. The first-order valence-electron chi connectivity index (χ1n) is 23.2. The van der Waals surface area contributed by atoms with E-state index in [-0.39, 0.29) is 18.9 Å². The van der Waals surface area contributed by atoms with Crippen molar-refractivity contribution in [3.05, 3.63) is 299 Å². The number of carboxylic acid groups (broad SMARTS) is 1. The Bertz CT molecular complexity index is 2930. The molecule has 0 saturated carbocycles. The predicted molar refractivity (Wildman–Crippen MR) is 272 cm³/mol. The molecule has 0 unspecified atom stereocenters. The minimum atomic E-state index is -1.32. The normalized spacial score (nSPS) is 12.5. The summed E-state index contributed by atoms with van der Waals surface area (Å²) in [6.07, 6.45) is -0.859. The molecule has 10 rings (SSSR count). The van der Waals surface area contributed by atoms with Gasteiger partial charge in [0.25, 0.3) is 0 Å². The Labute approximate surface area is 402 Å². The number of carbonyl (C=O) groups is 2. The molecule has 0 aromatic heterocycles. The highest BCUT2D eigenvalue weighted by Gasteiger charge is 2.42. The van der Waals surface area contributed by atoms with Crippen LogP contribution in [0, 0.1) is 0 Å². The number of ether oxygens (including phenoxy) is 2. The van der Waals surface area contributed by atoms with Crippen molar-refractivity contribution in [2.45, 2.75) is 29.5 Å². The molecule has 0 radical (unpaired) electrons. The van der Waals surface area contributed by atoms with Crippen molar-refractivity contribution in [1.29, 1.82) is 0 Å². The SMILES string of the molecule is O=C(N[C@@H](Cc1ccc(OC(c2ccccc2)(c2ccccc2)c2ccccc2)c(NC(c2ccccc2)(c2ccccc2)c2ccccc2)c1)C(=O)O)OCC1c2ccccc2-c2ccccc21. The van der Waals surface area contributed by atoms with Crippen molar-refractivity contribution < 1.29 is 24.2 Å². The number of anilines is 1. The molecule has 1 amide bonds. The molecule has 0 heterocycles. The molecule has 0 saturated heterocycles. The molecular formula is C62H50N2O5. The number of hydrogen-bond acceptors (Lipinski definition) is 5. The van der Waals surface area contributed by atoms with Gasteiger partial charge in [0.05, 0.1) is 5.69 Å². The van der Waals surface area contributed by atoms with Gasteiger partial charge in [-0.1, -0.05) is 237 Å². The Balaban J connectivity index is 1.07. The molecule has 338 valence electrons. The maximum absolute atomic E-state index is 13.6. The van der Waals surface area contributed by atoms with Crippen molar-refractivity contribution in [2.24, 2.45) is 0 Å². The van der Waals surface area contributed by atoms with Gasteiger partial charge in [-0.15, -0.1) is 0 Å². The Morgan fingerprint density at radius 3 is 1.30 bits per heavy atom. The zero-order valence-electron chi connectivity index (χ0n) is 37.8. The van der Waals surface area contributed by atoms with Crippen LogP contribution in [0.4, 0.5) is 10.5 Å². The van der Waals surface area contributed by atoms with Gasteiger partial charge in [0.2, 0.25) is 0 Å². The van der Waals surface area contributed by atoms with E-state index >= 15 is 0 Å². The highest BCUT2D eigenvalue weighted by atomic mass is 16.5. The number of fused-ring (bicyclic) bond motifs is 3. The molecule has 1 aliphatic rings. The van der Waals surface area contributed by atoms with Crippen molar-refractivity contribution in [3.8, 4) is 16.9 Å². The maximum Gasteiger partial charge on any atom is 0.407 e. The van der Waals surface area contributed by atoms with E-state index in [0.717, 1.165) is 55.6 Å². The molecule has 7 nitrogen and oxygen atoms in total. The molecule has 0 spiro atoms. The largest absolute Gasteiger partial charge is 0.480 e. The zero-order valence-corrected chi connectivity index (χ0v) is 37.8. The smallest absolute Gasteiger partial charge is 0.407 e. The summed E-state index contributed by atoms with van der Waals surface area (Å²) in [6.45, 7) is 0.0544. The van der Waals surface area contributed by atoms with Gasteiger partial charge in [-0.2, -0.15) is 0 Å². The Morgan fingerprint density at radius 2 is 0.884 bits per heavy atom. The van der Waals surface area contributed by atoms with Gasteiger partial charge < -0.3 is 25.2 Å². The van der Waals surface area contributed by atoms with Crippen LogP contribution < -0.4 is 15.4 Å². The standard InChI is InChI=1S/C62H50N2O5/c65-59(66)57(63-60(67)68-43-55-53-37-21-19-35-51(53)52-36-20-22-38-54(52)55)42-44-39-40-58(69-62(48-29-13-4-14-30-48,49-31-15-5-16-32-49)50-33-17-6-18-34-50)56(41-44)64-61(45-23-7-1-8-24-45,46-25-9-2-10-26-46)47-27-11-3-12-28-47/h1-41,55,57,64H,42-43H2,(H,63,67)(H,65,66)/t57-/m0/s1. The minimum Gasteiger partial charge on any atom is -0.480 e. The van der Waals surface area contributed by atoms with E-state index < -0.39 is 29.2 Å². The lowest BCUT2D eigenvalue weighted by molar-refractivity contribution is -0.139. The Morgan fingerprint density at radius 1 is 0.493 bits per heavy atom. The summed E-state index contributed by atoms with van der Waals surface area (Å²) in [5.41, 5.74) is 9.10. The average Bonchev–Trinajstić information content (AvgIpc) is 3.74. The number of benzene rings is 9. The van der Waals surface area contributed by atoms with E-state index in [1.807, 2.05) is 164 Å². The van der Waals surface area contributed by atoms with Crippen molar-refractivity contribution >= 4 is 17.7 Å². The molecule has 7 heteroatoms. The van der Waals surface area contributed by atoms with Gasteiger partial charge >= 0.3 is 12.1 Å². The summed E-state index contributed by atoms with van der Waals surface area (Å²) in [7, 11) is 0. The van der Waals surface area contributed by atoms with Gasteiger partial charge in [-0.25, -0.2) is 9.59 Å². The Kier molecular flexibility index (Phi) is 12.6. The maximum atomic E-state index is 13.6. The van der Waals surface area contributed by atoms with Crippen LogP contribution in [0.5, 0.6) is 5.75 Å². The molecule has 69 heavy (non-hydrogen) atoms. The molecule has 3 N–H and O–H groups in total. The summed E-state index contributed by atoms with van der Waals surface area (Å²) < 4.78 is 13.5. The van der Waals surface area contributed by atoms with Gasteiger partial charge in [0.1, 0.15) is 23.9 Å². The fraction of sp³-hybridized carbons (Fsp3) is 0.0968. The number of alkyl carbamates (subject to hydrolysis) is 1. The second-order valence-electron chi connectivity index (χ2n) is 17.2. The molecule has 9 aromatic rings. The first-order chi connectivity index (χ1) is 33.9. The second kappa shape index (κ2) is 19.7. The fourth-order valence-electron chi connectivity index (χ4n) is 9.95. The first kappa shape index (κ1) is 44.2. The van der Waals surface area contributed by atoms with Gasteiger partial charge in [0.15, 0.2) is 5.60 Å². The number of rotatable bonds is 16. The second-order valence-corrected chi connectivity index (χ2v) is 17.2. The molecule has 0 fully saturated rings. The lowest BCUT2D eigenvalue weighted by atomic mass is 9.76. The zero-order chi connectivity index (χ0) is 47.0. The van der Waals surface area contributed by atoms with Crippen LogP contribution in [0.2, 0.25) is 0 Å². The van der Waals surface area contributed by atoms with Crippen molar-refractivity contribution in [3.63, 3.8) is 0 Å². The topological polar surface area (TPSA) is 96.9 Å². The summed E-state index contributed by atoms with van der Waals surface area (Å²) in [4.78, 5) is 26.8. The lowest BCUT2D eigenvalue weighted by Crippen LogP contribution is -2.43. The van der Waals surface area contributed by atoms with Crippen molar-refractivity contribution in [1.82, 2.24) is 5.32 Å². The van der Waals surface area contributed by atoms with E-state index in [1.54, 1.807) is 0 Å². The van der Waals surface area contributed by atoms with Gasteiger partial charge in [0, 0.05) is 29.0 Å². The number of nitrogens with one attached hydrogen (secondary N) is 2. The molecule has 0 aliphatic heterocycles. The lowest BCUT2D eigenvalue weighted by Gasteiger charge is -2.40. The summed E-state index contributed by atoms with van der Waals surface area (Å²) in [5.74, 6) is -0.859. The number of hydrogen-bond donors (Lipinski definition) is 3. The number of aliphatic carboxylic acids is 1. The third-order valence-corrected chi connectivity index (χ3v) is 13.2. The fourth-order valence-corrected chi connectivity index (χ4v) is 9.95. The summed E-state index contributed by atoms with van der Waals surface area (Å²) in [5, 5.41) is 17.4. The highest BCUT2D eigenvalue weighted by Crippen LogP contribution is 2.48. The minimum absolute atomic E-state index is 0.0509. The molecule has 0 bridgehead atoms. The van der Waals surface area contributed by atoms with Crippen LogP contribution >= 0.6 is 0 Å². The highest BCUT2D eigenvalue weighted by molar-refractivity contribution is 5.81. The third-order valence-electron chi connectivity index (χ3n) is 13.2. The van der Waals surface area contributed by atoms with Gasteiger partial charge in [-0.3, -0.25) is 0 Å². The number of amides is 1. The molecule has 1 atom stereocenters. The predicted octanol–water partition coefficient (Wildman–Crippen LogP) is 13.0. The van der Waals surface area contributed by atoms with Crippen LogP contribution in [0.25, 0.3) is 11.1 Å². The quantitative estimate of drug-likeness (QED) is 0.0836. The van der Waals surface area contributed by atoms with Crippen LogP contribution in [-0.4, -0.2) is 29.8 Å². The van der Waals surface area contributed by atoms with E-state index in [0.29, 0.717) is 17.0 Å². The van der Waals surface area contributed by atoms with Crippen LogP contribution in [0.3, 0.4) is 0 Å². The number of carbonyl (C=O) groups excluding carboxylic acids is 1. The first-order valence-corrected chi connectivity index (χ1v) is 23.2. The third kappa shape index (κ3) is 8.74. The summed E-state index contributed by atoms with van der Waals surface area (Å²) in [6, 6.07) is 82.0. The average molecular weight is 903 g/mol. The van der Waals surface area contributed by atoms with E-state index in [1.165, 1.54) is 0 Å². The van der Waals surface area contributed by atoms with E-state index in [4.69, 9.17) is 9.47 Å². The van der Waals surface area contributed by atoms with Crippen LogP contribution in [0.15, 0.2) is 249 Å². The molecule has 1 aliphatic carbocycles. The van der Waals surface area contributed by atoms with E-state index in [2.05, 4.69) is 95.6 Å². The van der Waals surface area contributed by atoms with Crippen LogP contribution in [0.1, 0.15) is 56.0 Å². The number of carboxylic acids is 1. The Hall–Kier alpha value is -8.68. The summed E-state index contributed by atoms with van der Waals surface area (Å²) >= 11 is 0. The van der Waals surface area contributed by atoms with Crippen LogP contribution in [-0.2, 0) is 27.1 Å².